The Kier molecular flexibility index (Phi) is 4.72. The molecule has 0 saturated heterocycles. The van der Waals surface area contributed by atoms with Crippen molar-refractivity contribution >= 4 is 57.1 Å². The molecule has 1 aromatic carbocycles. The summed E-state index contributed by atoms with van der Waals surface area (Å²) in [5.74, 6) is 0. The second kappa shape index (κ2) is 5.89. The Morgan fingerprint density at radius 1 is 1.24 bits per heavy atom. The molecule has 1 unspecified atom stereocenters. The van der Waals surface area contributed by atoms with Gasteiger partial charge in [-0.15, -0.1) is 11.3 Å². The molecule has 0 fully saturated rings. The van der Waals surface area contributed by atoms with E-state index < -0.39 is 0 Å². The van der Waals surface area contributed by atoms with Crippen molar-refractivity contribution in [2.75, 3.05) is 7.05 Å². The van der Waals surface area contributed by atoms with Crippen LogP contribution in [0.3, 0.4) is 0 Å². The highest BCUT2D eigenvalue weighted by Crippen LogP contribution is 2.33. The van der Waals surface area contributed by atoms with Gasteiger partial charge in [-0.25, -0.2) is 0 Å². The zero-order valence-electron chi connectivity index (χ0n) is 9.01. The highest BCUT2D eigenvalue weighted by molar-refractivity contribution is 14.1. The Morgan fingerprint density at radius 2 is 2.00 bits per heavy atom. The van der Waals surface area contributed by atoms with Crippen molar-refractivity contribution in [2.45, 2.75) is 6.04 Å². The normalized spacial score (nSPS) is 12.7. The monoisotopic (exact) mass is 397 g/mol. The van der Waals surface area contributed by atoms with Gasteiger partial charge in [0.2, 0.25) is 0 Å². The predicted octanol–water partition coefficient (Wildman–Crippen LogP) is 4.97. The van der Waals surface area contributed by atoms with E-state index in [1.165, 1.54) is 14.0 Å². The number of halogens is 3. The van der Waals surface area contributed by atoms with Crippen LogP contribution in [0.25, 0.3) is 0 Å². The molecule has 0 aliphatic rings. The quantitative estimate of drug-likeness (QED) is 0.721. The molecule has 1 N–H and O–H groups in total. The molecule has 0 spiro atoms. The van der Waals surface area contributed by atoms with Gasteiger partial charge in [0.25, 0.3) is 0 Å². The van der Waals surface area contributed by atoms with Crippen molar-refractivity contribution in [3.05, 3.63) is 53.7 Å². The van der Waals surface area contributed by atoms with E-state index in [1.807, 2.05) is 37.4 Å². The lowest BCUT2D eigenvalue weighted by Crippen LogP contribution is -2.17. The maximum Gasteiger partial charge on any atom is 0.0931 e. The van der Waals surface area contributed by atoms with Crippen LogP contribution in [0.15, 0.2) is 30.3 Å². The number of hydrogen-bond acceptors (Lipinski definition) is 2. The molecule has 0 bridgehead atoms. The number of nitrogens with one attached hydrogen (secondary N) is 1. The van der Waals surface area contributed by atoms with Gasteiger partial charge < -0.3 is 5.32 Å². The average molecular weight is 398 g/mol. The topological polar surface area (TPSA) is 12.0 Å². The molecule has 17 heavy (non-hydrogen) atoms. The lowest BCUT2D eigenvalue weighted by Gasteiger charge is -2.17. The molecular formula is C12H10Cl2INS. The van der Waals surface area contributed by atoms with Gasteiger partial charge in [-0.1, -0.05) is 23.2 Å². The van der Waals surface area contributed by atoms with Crippen molar-refractivity contribution in [1.82, 2.24) is 5.32 Å². The fraction of sp³-hybridized carbons (Fsp3) is 0.167. The standard InChI is InChI=1S/C12H10Cl2INS/c1-16-12(10-4-5-11(14)17-10)8-6-7(13)2-3-9(8)15/h2-6,12,16H,1H3. The summed E-state index contributed by atoms with van der Waals surface area (Å²) < 4.78 is 1.99. The van der Waals surface area contributed by atoms with Crippen molar-refractivity contribution < 1.29 is 0 Å². The summed E-state index contributed by atoms with van der Waals surface area (Å²) in [5, 5.41) is 4.06. The zero-order valence-corrected chi connectivity index (χ0v) is 13.5. The predicted molar refractivity (Wildman–Crippen MR) is 84.4 cm³/mol. The van der Waals surface area contributed by atoms with Gasteiger partial charge in [0.05, 0.1) is 10.4 Å². The third-order valence-electron chi connectivity index (χ3n) is 2.44. The van der Waals surface area contributed by atoms with Crippen LogP contribution in [0.1, 0.15) is 16.5 Å². The van der Waals surface area contributed by atoms with Crippen LogP contribution in [0.5, 0.6) is 0 Å². The van der Waals surface area contributed by atoms with Crippen LogP contribution in [0.2, 0.25) is 9.36 Å². The maximum atomic E-state index is 6.06. The fourth-order valence-corrected chi connectivity index (χ4v) is 3.69. The molecule has 0 aliphatic heterocycles. The summed E-state index contributed by atoms with van der Waals surface area (Å²) in [4.78, 5) is 1.19. The third-order valence-corrected chi connectivity index (χ3v) is 4.95. The highest BCUT2D eigenvalue weighted by atomic mass is 127. The Bertz CT molecular complexity index is 527. The summed E-state index contributed by atoms with van der Waals surface area (Å²) >= 11 is 15.9. The van der Waals surface area contributed by atoms with E-state index in [1.54, 1.807) is 11.3 Å². The lowest BCUT2D eigenvalue weighted by atomic mass is 10.1. The Hall–Kier alpha value is 0.190. The van der Waals surface area contributed by atoms with Gasteiger partial charge in [-0.05, 0) is 65.5 Å². The van der Waals surface area contributed by atoms with Crippen molar-refractivity contribution in [2.24, 2.45) is 0 Å². The van der Waals surface area contributed by atoms with Gasteiger partial charge in [0.15, 0.2) is 0 Å². The molecule has 1 aromatic heterocycles. The Morgan fingerprint density at radius 3 is 2.59 bits per heavy atom. The van der Waals surface area contributed by atoms with Crippen LogP contribution in [0, 0.1) is 3.57 Å². The second-order valence-electron chi connectivity index (χ2n) is 3.53. The van der Waals surface area contributed by atoms with E-state index in [0.29, 0.717) is 0 Å². The molecule has 1 heterocycles. The zero-order chi connectivity index (χ0) is 12.4. The minimum atomic E-state index is 0.137. The van der Waals surface area contributed by atoms with Gasteiger partial charge in [0, 0.05) is 13.5 Å². The molecular weight excluding hydrogens is 388 g/mol. The summed E-state index contributed by atoms with van der Waals surface area (Å²) in [6.45, 7) is 0. The van der Waals surface area contributed by atoms with Gasteiger partial charge >= 0.3 is 0 Å². The minimum Gasteiger partial charge on any atom is -0.309 e. The van der Waals surface area contributed by atoms with Crippen molar-refractivity contribution in [1.29, 1.82) is 0 Å². The molecule has 5 heteroatoms. The summed E-state index contributed by atoms with van der Waals surface area (Å²) in [6.07, 6.45) is 0. The number of hydrogen-bond donors (Lipinski definition) is 1. The summed E-state index contributed by atoms with van der Waals surface area (Å²) in [5.41, 5.74) is 1.18. The molecule has 90 valence electrons. The van der Waals surface area contributed by atoms with E-state index in [0.717, 1.165) is 9.36 Å². The van der Waals surface area contributed by atoms with Crippen LogP contribution in [-0.4, -0.2) is 7.05 Å². The average Bonchev–Trinajstić information content (AvgIpc) is 2.71. The SMILES string of the molecule is CNC(c1ccc(Cl)s1)c1cc(Cl)ccc1I. The second-order valence-corrected chi connectivity index (χ2v) is 6.87. The Labute approximate surface area is 128 Å². The van der Waals surface area contributed by atoms with Crippen molar-refractivity contribution in [3.8, 4) is 0 Å². The maximum absolute atomic E-state index is 6.06. The van der Waals surface area contributed by atoms with Crippen molar-refractivity contribution in [3.63, 3.8) is 0 Å². The molecule has 2 rings (SSSR count). The highest BCUT2D eigenvalue weighted by Gasteiger charge is 2.17. The van der Waals surface area contributed by atoms with Gasteiger partial charge in [-0.2, -0.15) is 0 Å². The fourth-order valence-electron chi connectivity index (χ4n) is 1.67. The number of rotatable bonds is 3. The van der Waals surface area contributed by atoms with Crippen LogP contribution in [0.4, 0.5) is 0 Å². The first kappa shape index (κ1) is 13.6. The summed E-state index contributed by atoms with van der Waals surface area (Å²) in [6, 6.07) is 10.0. The first-order valence-corrected chi connectivity index (χ1v) is 7.64. The largest absolute Gasteiger partial charge is 0.309 e. The van der Waals surface area contributed by atoms with Gasteiger partial charge in [-0.3, -0.25) is 0 Å². The number of thiophene rings is 1. The van der Waals surface area contributed by atoms with E-state index in [9.17, 15) is 0 Å². The van der Waals surface area contributed by atoms with E-state index in [4.69, 9.17) is 23.2 Å². The molecule has 2 aromatic rings. The number of benzene rings is 1. The molecule has 1 atom stereocenters. The molecule has 0 aliphatic carbocycles. The van der Waals surface area contributed by atoms with E-state index >= 15 is 0 Å². The minimum absolute atomic E-state index is 0.137. The molecule has 0 radical (unpaired) electrons. The van der Waals surface area contributed by atoms with E-state index in [-0.39, 0.29) is 6.04 Å². The summed E-state index contributed by atoms with van der Waals surface area (Å²) in [7, 11) is 1.94. The van der Waals surface area contributed by atoms with Gasteiger partial charge in [0.1, 0.15) is 0 Å². The van der Waals surface area contributed by atoms with Crippen LogP contribution >= 0.6 is 57.1 Å². The molecule has 0 saturated carbocycles. The van der Waals surface area contributed by atoms with E-state index in [2.05, 4.69) is 27.9 Å². The molecule has 1 nitrogen and oxygen atoms in total. The first-order valence-electron chi connectivity index (χ1n) is 4.99. The van der Waals surface area contributed by atoms with Crippen LogP contribution < -0.4 is 5.32 Å². The molecule has 0 amide bonds. The third kappa shape index (κ3) is 3.15. The Balaban J connectivity index is 2.45. The lowest BCUT2D eigenvalue weighted by molar-refractivity contribution is 0.700. The smallest absolute Gasteiger partial charge is 0.0931 e. The van der Waals surface area contributed by atoms with Crippen LogP contribution in [-0.2, 0) is 0 Å². The first-order chi connectivity index (χ1) is 8.11.